The molecule has 318 valence electrons. The van der Waals surface area contributed by atoms with Gasteiger partial charge in [-0.2, -0.15) is 0 Å². The van der Waals surface area contributed by atoms with Gasteiger partial charge < -0.3 is 49.0 Å². The number of amides is 4. The molecule has 0 bridgehead atoms. The number of H-pyrrole nitrogens is 2. The normalized spacial score (nSPS) is 15.8. The molecule has 2 aromatic carbocycles. The average Bonchev–Trinajstić information content (AvgIpc) is 4.06. The molecule has 1 fully saturated rings. The summed E-state index contributed by atoms with van der Waals surface area (Å²) in [6.45, 7) is 11.3. The zero-order valence-corrected chi connectivity index (χ0v) is 35.2. The van der Waals surface area contributed by atoms with E-state index in [2.05, 4.69) is 31.7 Å². The molecule has 0 radical (unpaired) electrons. The van der Waals surface area contributed by atoms with Gasteiger partial charge in [0.2, 0.25) is 11.8 Å². The summed E-state index contributed by atoms with van der Waals surface area (Å²) in [5.74, 6) is 2.14. The van der Waals surface area contributed by atoms with Crippen LogP contribution in [0.3, 0.4) is 0 Å². The Labute approximate surface area is 348 Å². The van der Waals surface area contributed by atoms with Crippen molar-refractivity contribution < 1.29 is 37.8 Å². The van der Waals surface area contributed by atoms with Crippen LogP contribution in [0.2, 0.25) is 0 Å². The maximum absolute atomic E-state index is 13.7. The lowest BCUT2D eigenvalue weighted by Gasteiger charge is -2.30. The van der Waals surface area contributed by atoms with Crippen LogP contribution < -0.4 is 15.4 Å². The molecule has 3 atom stereocenters. The zero-order chi connectivity index (χ0) is 42.7. The van der Waals surface area contributed by atoms with E-state index >= 15 is 0 Å². The number of alkyl carbamates (subject to hydrolysis) is 2. The Morgan fingerprint density at radius 3 is 2.32 bits per heavy atom. The molecular formula is C44H54N8O8. The first-order valence-corrected chi connectivity index (χ1v) is 20.6. The zero-order valence-electron chi connectivity index (χ0n) is 35.2. The highest BCUT2D eigenvalue weighted by Crippen LogP contribution is 2.43. The molecule has 2 aliphatic heterocycles. The van der Waals surface area contributed by atoms with Gasteiger partial charge in [0.25, 0.3) is 0 Å². The van der Waals surface area contributed by atoms with E-state index in [-0.39, 0.29) is 36.2 Å². The highest BCUT2D eigenvalue weighted by Gasteiger charge is 2.38. The van der Waals surface area contributed by atoms with Crippen LogP contribution in [0.5, 0.6) is 5.75 Å². The lowest BCUT2D eigenvalue weighted by atomic mass is 10.0. The number of ether oxygens (including phenoxy) is 3. The fraction of sp³-hybridized carbons (Fsp3) is 0.455. The first-order chi connectivity index (χ1) is 28.9. The third-order valence-corrected chi connectivity index (χ3v) is 11.3. The monoisotopic (exact) mass is 822 g/mol. The molecule has 60 heavy (non-hydrogen) atoms. The number of nitrogens with zero attached hydrogens (tertiary/aromatic N) is 4. The Kier molecular flexibility index (Phi) is 12.5. The molecule has 3 aromatic heterocycles. The lowest BCUT2D eigenvalue weighted by molar-refractivity contribution is -0.136. The second kappa shape index (κ2) is 17.9. The third-order valence-electron chi connectivity index (χ3n) is 11.3. The molecule has 5 heterocycles. The Bertz CT molecular complexity index is 2360. The average molecular weight is 823 g/mol. The number of imidazole rings is 2. The number of rotatable bonds is 13. The number of aromatic amines is 2. The van der Waals surface area contributed by atoms with Crippen molar-refractivity contribution in [2.75, 3.05) is 33.9 Å². The number of hydrogen-bond donors (Lipinski definition) is 4. The summed E-state index contributed by atoms with van der Waals surface area (Å²) in [4.78, 5) is 71.0. The first kappa shape index (κ1) is 41.8. The van der Waals surface area contributed by atoms with Crippen LogP contribution in [0, 0.1) is 11.8 Å². The minimum absolute atomic E-state index is 0.124. The van der Waals surface area contributed by atoms with Crippen LogP contribution in [0.15, 0.2) is 53.2 Å². The predicted molar refractivity (Wildman–Crippen MR) is 224 cm³/mol. The molecule has 16 heteroatoms. The second-order valence-electron chi connectivity index (χ2n) is 16.0. The minimum atomic E-state index is -0.734. The lowest BCUT2D eigenvalue weighted by Crippen LogP contribution is -2.51. The maximum atomic E-state index is 13.7. The van der Waals surface area contributed by atoms with Crippen LogP contribution in [0.1, 0.15) is 77.1 Å². The van der Waals surface area contributed by atoms with Crippen LogP contribution in [-0.4, -0.2) is 99.7 Å². The van der Waals surface area contributed by atoms with Gasteiger partial charge in [0.15, 0.2) is 0 Å². The fourth-order valence-corrected chi connectivity index (χ4v) is 8.09. The van der Waals surface area contributed by atoms with Crippen LogP contribution in [0.4, 0.5) is 9.59 Å². The summed E-state index contributed by atoms with van der Waals surface area (Å²) in [6.07, 6.45) is 5.22. The molecule has 1 saturated heterocycles. The van der Waals surface area contributed by atoms with E-state index < -0.39 is 24.3 Å². The largest absolute Gasteiger partial charge is 0.492 e. The van der Waals surface area contributed by atoms with Gasteiger partial charge in [-0.1, -0.05) is 40.7 Å². The number of methoxy groups -OCH3 is 2. The quantitative estimate of drug-likeness (QED) is 0.0962. The SMILES string of the molecule is CCCN(Cc1ncc(-c2ccc3c(c2)OCCc2c-3oc3ccc(-c4cnc([C@@H]5CCCN5C(=O)C(NC(=O)OC)C(C)C)[nH]4)cc23)[nH]1)C(=O)C(NC(=O)OC)C(C)C. The number of fused-ring (bicyclic) bond motifs is 5. The number of aromatic nitrogens is 4. The number of hydrogen-bond acceptors (Lipinski definition) is 10. The summed E-state index contributed by atoms with van der Waals surface area (Å²) in [7, 11) is 2.56. The molecule has 0 spiro atoms. The van der Waals surface area contributed by atoms with Crippen molar-refractivity contribution in [1.29, 1.82) is 0 Å². The smallest absolute Gasteiger partial charge is 0.407 e. The standard InChI is InChI=1S/C44H54N8O8/c1-8-16-51(41(53)37(24(2)3)49-43(55)57-6)23-36-45-21-31(47-36)27-11-13-29-35(20-27)59-18-15-28-30-19-26(12-14-34(30)60-39(28)29)32-22-46-40(48-32)33-10-9-17-52(33)42(54)38(25(4)5)50-44(56)58-7/h11-14,19-22,24-25,33,37-38H,8-10,15-18,23H2,1-7H3,(H,45,47)(H,46,48)(H,49,55)(H,50,56)/t33-,37?,38?/m0/s1. The number of furan rings is 1. The van der Waals surface area contributed by atoms with Gasteiger partial charge in [-0.15, -0.1) is 0 Å². The van der Waals surface area contributed by atoms with E-state index in [1.807, 2.05) is 65.0 Å². The predicted octanol–water partition coefficient (Wildman–Crippen LogP) is 6.98. The van der Waals surface area contributed by atoms with Gasteiger partial charge in [0.05, 0.1) is 62.8 Å². The molecule has 0 saturated carbocycles. The molecule has 7 rings (SSSR count). The fourth-order valence-electron chi connectivity index (χ4n) is 8.09. The Morgan fingerprint density at radius 1 is 0.917 bits per heavy atom. The van der Waals surface area contributed by atoms with Crippen molar-refractivity contribution in [3.8, 4) is 39.6 Å². The Hall–Kier alpha value is -6.32. The topological polar surface area (TPSA) is 197 Å². The number of carbonyl (C=O) groups excluding carboxylic acids is 4. The van der Waals surface area contributed by atoms with E-state index in [1.165, 1.54) is 14.2 Å². The Morgan fingerprint density at radius 2 is 1.60 bits per heavy atom. The van der Waals surface area contributed by atoms with Crippen molar-refractivity contribution >= 4 is 35.0 Å². The molecule has 0 aliphatic carbocycles. The molecular weight excluding hydrogens is 769 g/mol. The van der Waals surface area contributed by atoms with Crippen LogP contribution >= 0.6 is 0 Å². The van der Waals surface area contributed by atoms with Gasteiger partial charge >= 0.3 is 12.2 Å². The van der Waals surface area contributed by atoms with Crippen LogP contribution in [-0.2, 0) is 32.0 Å². The summed E-state index contributed by atoms with van der Waals surface area (Å²) in [6, 6.07) is 10.4. The van der Waals surface area contributed by atoms with E-state index in [4.69, 9.17) is 23.6 Å². The van der Waals surface area contributed by atoms with E-state index in [1.54, 1.807) is 22.2 Å². The van der Waals surface area contributed by atoms with Crippen molar-refractivity contribution in [3.05, 3.63) is 66.0 Å². The van der Waals surface area contributed by atoms with Crippen molar-refractivity contribution in [2.45, 2.75) is 85.0 Å². The summed E-state index contributed by atoms with van der Waals surface area (Å²) >= 11 is 0. The van der Waals surface area contributed by atoms with Gasteiger partial charge in [-0.25, -0.2) is 19.6 Å². The van der Waals surface area contributed by atoms with E-state index in [0.29, 0.717) is 43.5 Å². The highest BCUT2D eigenvalue weighted by molar-refractivity contribution is 5.93. The van der Waals surface area contributed by atoms with E-state index in [9.17, 15) is 19.2 Å². The third kappa shape index (κ3) is 8.54. The van der Waals surface area contributed by atoms with Crippen molar-refractivity contribution in [2.24, 2.45) is 11.8 Å². The maximum Gasteiger partial charge on any atom is 0.407 e. The molecule has 4 N–H and O–H groups in total. The first-order valence-electron chi connectivity index (χ1n) is 20.6. The van der Waals surface area contributed by atoms with Crippen molar-refractivity contribution in [1.82, 2.24) is 40.4 Å². The highest BCUT2D eigenvalue weighted by atomic mass is 16.5. The number of benzene rings is 2. The molecule has 2 aliphatic rings. The van der Waals surface area contributed by atoms with Gasteiger partial charge in [0, 0.05) is 41.6 Å². The van der Waals surface area contributed by atoms with Gasteiger partial charge in [-0.05, 0) is 61.4 Å². The number of carbonyl (C=O) groups is 4. The molecule has 5 aromatic rings. The molecule has 4 amide bonds. The summed E-state index contributed by atoms with van der Waals surface area (Å²) in [5.41, 5.74) is 6.05. The second-order valence-corrected chi connectivity index (χ2v) is 16.0. The number of nitrogens with one attached hydrogen (secondary N) is 4. The van der Waals surface area contributed by atoms with Crippen molar-refractivity contribution in [3.63, 3.8) is 0 Å². The van der Waals surface area contributed by atoms with Crippen LogP contribution in [0.25, 0.3) is 44.8 Å². The van der Waals surface area contributed by atoms with Gasteiger partial charge in [-0.3, -0.25) is 9.59 Å². The van der Waals surface area contributed by atoms with Gasteiger partial charge in [0.1, 0.15) is 40.8 Å². The minimum Gasteiger partial charge on any atom is -0.492 e. The Balaban J connectivity index is 1.09. The number of likely N-dealkylation sites (tertiary alicyclic amines) is 1. The van der Waals surface area contributed by atoms with E-state index in [0.717, 1.165) is 69.6 Å². The molecule has 2 unspecified atom stereocenters. The summed E-state index contributed by atoms with van der Waals surface area (Å²) in [5, 5.41) is 6.36. The molecule has 16 nitrogen and oxygen atoms in total. The summed E-state index contributed by atoms with van der Waals surface area (Å²) < 4.78 is 22.4.